The van der Waals surface area contributed by atoms with Crippen molar-refractivity contribution in [2.75, 3.05) is 21.3 Å². The Bertz CT molecular complexity index is 847. The van der Waals surface area contributed by atoms with Crippen molar-refractivity contribution in [3.63, 3.8) is 0 Å². The van der Waals surface area contributed by atoms with Gasteiger partial charge in [0.25, 0.3) is 0 Å². The van der Waals surface area contributed by atoms with Crippen molar-refractivity contribution in [1.82, 2.24) is 0 Å². The Kier molecular flexibility index (Phi) is 5.52. The van der Waals surface area contributed by atoms with Gasteiger partial charge in [0.15, 0.2) is 17.7 Å². The van der Waals surface area contributed by atoms with E-state index in [1.165, 1.54) is 0 Å². The summed E-state index contributed by atoms with van der Waals surface area (Å²) in [6.07, 6.45) is 2.09. The molecule has 3 rings (SSSR count). The maximum Gasteiger partial charge on any atom is 0.212 e. The SMILES string of the molecule is COc1ccc(-c2cc3cc(OC)c(OC)cc3c[n+]2C)cc1.[Cl-]. The van der Waals surface area contributed by atoms with E-state index >= 15 is 0 Å². The van der Waals surface area contributed by atoms with Crippen LogP contribution >= 0.6 is 0 Å². The molecule has 4 nitrogen and oxygen atoms in total. The lowest BCUT2D eigenvalue weighted by Gasteiger charge is -2.09. The number of nitrogens with zero attached hydrogens (tertiary/aromatic N) is 1. The lowest BCUT2D eigenvalue weighted by molar-refractivity contribution is -0.659. The normalized spacial score (nSPS) is 10.2. The van der Waals surface area contributed by atoms with Crippen molar-refractivity contribution < 1.29 is 31.2 Å². The smallest absolute Gasteiger partial charge is 0.212 e. The number of rotatable bonds is 4. The van der Waals surface area contributed by atoms with E-state index in [0.717, 1.165) is 39.3 Å². The first-order chi connectivity index (χ1) is 11.2. The van der Waals surface area contributed by atoms with Gasteiger partial charge in [0.1, 0.15) is 12.8 Å². The molecule has 0 fully saturated rings. The summed E-state index contributed by atoms with van der Waals surface area (Å²) in [5.41, 5.74) is 2.25. The second kappa shape index (κ2) is 7.41. The summed E-state index contributed by atoms with van der Waals surface area (Å²) in [5, 5.41) is 2.20. The first-order valence-corrected chi connectivity index (χ1v) is 7.36. The molecule has 2 aromatic carbocycles. The molecule has 0 amide bonds. The second-order valence-electron chi connectivity index (χ2n) is 5.33. The number of aromatic nitrogens is 1. The molecule has 5 heteroatoms. The number of pyridine rings is 1. The lowest BCUT2D eigenvalue weighted by Crippen LogP contribution is -3.00. The molecule has 0 aliphatic rings. The zero-order valence-electron chi connectivity index (χ0n) is 14.2. The minimum absolute atomic E-state index is 0. The monoisotopic (exact) mass is 345 g/mol. The highest BCUT2D eigenvalue weighted by atomic mass is 35.5. The van der Waals surface area contributed by atoms with Crippen LogP contribution < -0.4 is 31.2 Å². The van der Waals surface area contributed by atoms with Crippen LogP contribution in [0.25, 0.3) is 22.0 Å². The zero-order valence-corrected chi connectivity index (χ0v) is 14.9. The highest BCUT2D eigenvalue weighted by Gasteiger charge is 2.14. The first kappa shape index (κ1) is 17.9. The molecule has 0 saturated carbocycles. The molecule has 0 radical (unpaired) electrons. The Hall–Kier alpha value is -2.46. The van der Waals surface area contributed by atoms with Crippen LogP contribution in [0, 0.1) is 0 Å². The number of halogens is 1. The zero-order chi connectivity index (χ0) is 16.4. The summed E-state index contributed by atoms with van der Waals surface area (Å²) in [4.78, 5) is 0. The standard InChI is InChI=1S/C19H20NO3.ClH/c1-20-12-15-11-19(23-4)18(22-3)10-14(15)9-17(20)13-5-7-16(21-2)8-6-13;/h5-12H,1-4H3;1H/q+1;/p-1. The fraction of sp³-hybridized carbons (Fsp3) is 0.211. The minimum atomic E-state index is 0. The summed E-state index contributed by atoms with van der Waals surface area (Å²) in [6.45, 7) is 0. The fourth-order valence-electron chi connectivity index (χ4n) is 2.72. The van der Waals surface area contributed by atoms with Gasteiger partial charge >= 0.3 is 0 Å². The average molecular weight is 346 g/mol. The van der Waals surface area contributed by atoms with Gasteiger partial charge in [-0.1, -0.05) is 0 Å². The van der Waals surface area contributed by atoms with Crippen molar-refractivity contribution in [1.29, 1.82) is 0 Å². The molecule has 126 valence electrons. The molecule has 0 bridgehead atoms. The number of fused-ring (bicyclic) bond motifs is 1. The van der Waals surface area contributed by atoms with Gasteiger partial charge in [0, 0.05) is 17.0 Å². The Labute approximate surface area is 148 Å². The van der Waals surface area contributed by atoms with Gasteiger partial charge in [0.2, 0.25) is 5.69 Å². The van der Waals surface area contributed by atoms with Crippen LogP contribution in [-0.4, -0.2) is 21.3 Å². The number of methoxy groups -OCH3 is 3. The van der Waals surface area contributed by atoms with Crippen LogP contribution in [0.5, 0.6) is 17.2 Å². The van der Waals surface area contributed by atoms with Crippen molar-refractivity contribution in [3.8, 4) is 28.5 Å². The molecule has 1 heterocycles. The highest BCUT2D eigenvalue weighted by molar-refractivity contribution is 5.87. The second-order valence-corrected chi connectivity index (χ2v) is 5.33. The summed E-state index contributed by atoms with van der Waals surface area (Å²) < 4.78 is 18.1. The van der Waals surface area contributed by atoms with E-state index in [1.807, 2.05) is 31.3 Å². The van der Waals surface area contributed by atoms with Crippen molar-refractivity contribution in [2.24, 2.45) is 7.05 Å². The van der Waals surface area contributed by atoms with E-state index < -0.39 is 0 Å². The van der Waals surface area contributed by atoms with Crippen LogP contribution in [0.1, 0.15) is 0 Å². The van der Waals surface area contributed by atoms with Crippen LogP contribution in [0.15, 0.2) is 48.7 Å². The maximum absolute atomic E-state index is 5.40. The van der Waals surface area contributed by atoms with E-state index in [4.69, 9.17) is 14.2 Å². The van der Waals surface area contributed by atoms with E-state index in [1.54, 1.807) is 21.3 Å². The number of aryl methyl sites for hydroxylation is 1. The first-order valence-electron chi connectivity index (χ1n) is 7.36. The third kappa shape index (κ3) is 3.24. The molecular weight excluding hydrogens is 326 g/mol. The maximum atomic E-state index is 5.40. The van der Waals surface area contributed by atoms with Crippen LogP contribution in [0.3, 0.4) is 0 Å². The van der Waals surface area contributed by atoms with E-state index in [0.29, 0.717) is 0 Å². The molecule has 0 aliphatic carbocycles. The van der Waals surface area contributed by atoms with Crippen molar-refractivity contribution >= 4 is 10.8 Å². The van der Waals surface area contributed by atoms with Crippen LogP contribution in [0.4, 0.5) is 0 Å². The van der Waals surface area contributed by atoms with Gasteiger partial charge in [-0.15, -0.1) is 0 Å². The number of hydrogen-bond donors (Lipinski definition) is 0. The minimum Gasteiger partial charge on any atom is -1.00 e. The third-order valence-electron chi connectivity index (χ3n) is 3.98. The quantitative estimate of drug-likeness (QED) is 0.640. The lowest BCUT2D eigenvalue weighted by atomic mass is 10.1. The van der Waals surface area contributed by atoms with Gasteiger partial charge in [-0.2, -0.15) is 0 Å². The molecule has 0 atom stereocenters. The van der Waals surface area contributed by atoms with Crippen molar-refractivity contribution in [3.05, 3.63) is 48.7 Å². The molecule has 0 saturated heterocycles. The Morgan fingerprint density at radius 2 is 1.33 bits per heavy atom. The van der Waals surface area contributed by atoms with Gasteiger partial charge in [0.05, 0.1) is 21.3 Å². The Morgan fingerprint density at radius 1 is 0.750 bits per heavy atom. The van der Waals surface area contributed by atoms with Crippen LogP contribution in [0.2, 0.25) is 0 Å². The summed E-state index contributed by atoms with van der Waals surface area (Å²) in [7, 11) is 7.01. The number of benzene rings is 2. The van der Waals surface area contributed by atoms with Gasteiger partial charge in [-0.3, -0.25) is 0 Å². The Balaban J connectivity index is 0.00000208. The molecule has 0 spiro atoms. The molecule has 24 heavy (non-hydrogen) atoms. The van der Waals surface area contributed by atoms with Crippen molar-refractivity contribution in [2.45, 2.75) is 0 Å². The molecular formula is C19H20ClNO3. The molecule has 0 aliphatic heterocycles. The van der Waals surface area contributed by atoms with E-state index in [-0.39, 0.29) is 12.4 Å². The Morgan fingerprint density at radius 3 is 1.88 bits per heavy atom. The number of hydrogen-bond acceptors (Lipinski definition) is 3. The molecule has 3 aromatic rings. The molecule has 1 aromatic heterocycles. The van der Waals surface area contributed by atoms with Gasteiger partial charge in [-0.25, -0.2) is 4.57 Å². The van der Waals surface area contributed by atoms with Gasteiger partial charge in [-0.05, 0) is 41.8 Å². The topological polar surface area (TPSA) is 31.6 Å². The highest BCUT2D eigenvalue weighted by Crippen LogP contribution is 2.33. The summed E-state index contributed by atoms with van der Waals surface area (Å²) in [6, 6.07) is 14.2. The van der Waals surface area contributed by atoms with E-state index in [9.17, 15) is 0 Å². The van der Waals surface area contributed by atoms with Crippen LogP contribution in [-0.2, 0) is 7.05 Å². The number of ether oxygens (including phenoxy) is 3. The molecule has 0 unspecified atom stereocenters. The predicted octanol–water partition coefficient (Wildman–Crippen LogP) is 0.361. The summed E-state index contributed by atoms with van der Waals surface area (Å²) >= 11 is 0. The third-order valence-corrected chi connectivity index (χ3v) is 3.98. The largest absolute Gasteiger partial charge is 1.00 e. The van der Waals surface area contributed by atoms with E-state index in [2.05, 4.69) is 29.0 Å². The average Bonchev–Trinajstić information content (AvgIpc) is 2.60. The predicted molar refractivity (Wildman–Crippen MR) is 90.2 cm³/mol. The van der Waals surface area contributed by atoms with Gasteiger partial charge < -0.3 is 26.6 Å². The fourth-order valence-corrected chi connectivity index (χ4v) is 2.72. The summed E-state index contributed by atoms with van der Waals surface area (Å²) in [5.74, 6) is 2.32. The molecule has 0 N–H and O–H groups in total.